The first-order valence-corrected chi connectivity index (χ1v) is 7.69. The van der Waals surface area contributed by atoms with Crippen molar-refractivity contribution in [2.45, 2.75) is 6.61 Å². The van der Waals surface area contributed by atoms with Crippen LogP contribution in [0.25, 0.3) is 0 Å². The van der Waals surface area contributed by atoms with Crippen LogP contribution < -0.4 is 5.32 Å². The molecule has 0 saturated heterocycles. The van der Waals surface area contributed by atoms with Crippen molar-refractivity contribution >= 4 is 23.5 Å². The molecule has 2 rings (SSSR count). The molecule has 0 atom stereocenters. The number of ether oxygens (including phenoxy) is 2. The second kappa shape index (κ2) is 9.64. The third-order valence-corrected chi connectivity index (χ3v) is 3.38. The molecule has 126 valence electrons. The SMILES string of the molecule is O=C(COCc1ccccc1Cl)OCCNC(=O)c1cccnc1. The molecule has 1 aromatic heterocycles. The Labute approximate surface area is 144 Å². The predicted molar refractivity (Wildman–Crippen MR) is 88.6 cm³/mol. The Morgan fingerprint density at radius 1 is 1.17 bits per heavy atom. The molecule has 0 aliphatic rings. The topological polar surface area (TPSA) is 77.5 Å². The van der Waals surface area contributed by atoms with Crippen molar-refractivity contribution in [3.63, 3.8) is 0 Å². The summed E-state index contributed by atoms with van der Waals surface area (Å²) < 4.78 is 10.2. The van der Waals surface area contributed by atoms with Crippen LogP contribution in [0.1, 0.15) is 15.9 Å². The Morgan fingerprint density at radius 2 is 2.00 bits per heavy atom. The van der Waals surface area contributed by atoms with Gasteiger partial charge in [0.05, 0.1) is 18.7 Å². The summed E-state index contributed by atoms with van der Waals surface area (Å²) in [6.07, 6.45) is 3.05. The molecule has 0 radical (unpaired) electrons. The zero-order valence-electron chi connectivity index (χ0n) is 12.9. The van der Waals surface area contributed by atoms with Crippen LogP contribution in [-0.4, -0.2) is 36.6 Å². The third-order valence-electron chi connectivity index (χ3n) is 3.01. The van der Waals surface area contributed by atoms with E-state index in [1.165, 1.54) is 6.20 Å². The summed E-state index contributed by atoms with van der Waals surface area (Å²) in [6.45, 7) is 0.332. The molecule has 0 unspecified atom stereocenters. The van der Waals surface area contributed by atoms with Gasteiger partial charge < -0.3 is 14.8 Å². The van der Waals surface area contributed by atoms with Gasteiger partial charge in [0.1, 0.15) is 13.2 Å². The summed E-state index contributed by atoms with van der Waals surface area (Å²) >= 11 is 5.98. The van der Waals surface area contributed by atoms with Crippen LogP contribution in [0.2, 0.25) is 5.02 Å². The molecule has 0 bridgehead atoms. The van der Waals surface area contributed by atoms with E-state index < -0.39 is 5.97 Å². The highest BCUT2D eigenvalue weighted by atomic mass is 35.5. The summed E-state index contributed by atoms with van der Waals surface area (Å²) in [5.74, 6) is -0.771. The highest BCUT2D eigenvalue weighted by Crippen LogP contribution is 2.15. The maximum absolute atomic E-state index is 11.7. The number of aromatic nitrogens is 1. The molecular formula is C17H17ClN2O4. The molecule has 0 fully saturated rings. The van der Waals surface area contributed by atoms with Crippen molar-refractivity contribution in [2.24, 2.45) is 0 Å². The Bertz CT molecular complexity index is 679. The molecule has 1 N–H and O–H groups in total. The number of carbonyl (C=O) groups is 2. The smallest absolute Gasteiger partial charge is 0.332 e. The molecule has 7 heteroatoms. The molecule has 6 nitrogen and oxygen atoms in total. The number of hydrogen-bond acceptors (Lipinski definition) is 5. The molecule has 1 heterocycles. The minimum absolute atomic E-state index is 0.0697. The van der Waals surface area contributed by atoms with Crippen LogP contribution in [0.5, 0.6) is 0 Å². The second-order valence-corrected chi connectivity index (χ2v) is 5.21. The molecule has 0 saturated carbocycles. The van der Waals surface area contributed by atoms with Crippen molar-refractivity contribution in [1.29, 1.82) is 0 Å². The summed E-state index contributed by atoms with van der Waals surface area (Å²) in [5, 5.41) is 3.22. The van der Waals surface area contributed by atoms with Gasteiger partial charge >= 0.3 is 5.97 Å². The average Bonchev–Trinajstić information content (AvgIpc) is 2.61. The number of hydrogen-bond donors (Lipinski definition) is 1. The van der Waals surface area contributed by atoms with Gasteiger partial charge in [-0.2, -0.15) is 0 Å². The van der Waals surface area contributed by atoms with Crippen molar-refractivity contribution < 1.29 is 19.1 Å². The number of rotatable bonds is 8. The normalized spacial score (nSPS) is 10.2. The minimum atomic E-state index is -0.502. The first kappa shape index (κ1) is 17.9. The highest BCUT2D eigenvalue weighted by Gasteiger charge is 2.07. The second-order valence-electron chi connectivity index (χ2n) is 4.80. The van der Waals surface area contributed by atoms with E-state index in [0.717, 1.165) is 5.56 Å². The van der Waals surface area contributed by atoms with Gasteiger partial charge in [0, 0.05) is 17.4 Å². The number of pyridine rings is 1. The first-order valence-electron chi connectivity index (χ1n) is 7.32. The standard InChI is InChI=1S/C17H17ClN2O4/c18-15-6-2-1-4-14(15)11-23-12-16(21)24-9-8-20-17(22)13-5-3-7-19-10-13/h1-7,10H,8-9,11-12H2,(H,20,22). The summed E-state index contributed by atoms with van der Waals surface area (Å²) in [7, 11) is 0. The lowest BCUT2D eigenvalue weighted by Gasteiger charge is -2.08. The monoisotopic (exact) mass is 348 g/mol. The lowest BCUT2D eigenvalue weighted by molar-refractivity contribution is -0.149. The number of halogens is 1. The molecule has 0 spiro atoms. The first-order chi connectivity index (χ1) is 11.7. The highest BCUT2D eigenvalue weighted by molar-refractivity contribution is 6.31. The molecule has 2 aromatic rings. The molecule has 1 amide bonds. The quantitative estimate of drug-likeness (QED) is 0.584. The fourth-order valence-electron chi connectivity index (χ4n) is 1.83. The number of amides is 1. The molecule has 24 heavy (non-hydrogen) atoms. The Morgan fingerprint density at radius 3 is 2.75 bits per heavy atom. The lowest BCUT2D eigenvalue weighted by atomic mass is 10.2. The Hall–Kier alpha value is -2.44. The number of nitrogens with one attached hydrogen (secondary N) is 1. The van der Waals surface area contributed by atoms with E-state index in [0.29, 0.717) is 10.6 Å². The van der Waals surface area contributed by atoms with Gasteiger partial charge in [0.25, 0.3) is 5.91 Å². The summed E-state index contributed by atoms with van der Waals surface area (Å²) in [6, 6.07) is 10.6. The van der Waals surface area contributed by atoms with Gasteiger partial charge in [0.15, 0.2) is 0 Å². The van der Waals surface area contributed by atoms with Crippen LogP contribution >= 0.6 is 11.6 Å². The van der Waals surface area contributed by atoms with E-state index in [1.807, 2.05) is 18.2 Å². The molecule has 0 aliphatic heterocycles. The predicted octanol–water partition coefficient (Wildman–Crippen LogP) is 2.22. The number of carbonyl (C=O) groups excluding carboxylic acids is 2. The maximum Gasteiger partial charge on any atom is 0.332 e. The lowest BCUT2D eigenvalue weighted by Crippen LogP contribution is -2.28. The number of benzene rings is 1. The van der Waals surface area contributed by atoms with Crippen molar-refractivity contribution in [3.8, 4) is 0 Å². The van der Waals surface area contributed by atoms with Crippen LogP contribution in [0.4, 0.5) is 0 Å². The van der Waals surface area contributed by atoms with Gasteiger partial charge in [-0.1, -0.05) is 29.8 Å². The van der Waals surface area contributed by atoms with E-state index in [4.69, 9.17) is 21.1 Å². The Kier molecular flexibility index (Phi) is 7.20. The van der Waals surface area contributed by atoms with Crippen LogP contribution in [0.3, 0.4) is 0 Å². The van der Waals surface area contributed by atoms with Gasteiger partial charge in [-0.3, -0.25) is 9.78 Å². The zero-order chi connectivity index (χ0) is 17.2. The molecule has 1 aromatic carbocycles. The van der Waals surface area contributed by atoms with E-state index in [-0.39, 0.29) is 32.3 Å². The van der Waals surface area contributed by atoms with Crippen LogP contribution in [-0.2, 0) is 20.9 Å². The maximum atomic E-state index is 11.7. The van der Waals surface area contributed by atoms with Gasteiger partial charge in [-0.05, 0) is 23.8 Å². The fraction of sp³-hybridized carbons (Fsp3) is 0.235. The van der Waals surface area contributed by atoms with Crippen LogP contribution in [0.15, 0.2) is 48.8 Å². The third kappa shape index (κ3) is 5.98. The van der Waals surface area contributed by atoms with E-state index >= 15 is 0 Å². The van der Waals surface area contributed by atoms with Gasteiger partial charge in [-0.15, -0.1) is 0 Å². The summed E-state index contributed by atoms with van der Waals surface area (Å²) in [4.78, 5) is 27.1. The molecule has 0 aliphatic carbocycles. The fourth-order valence-corrected chi connectivity index (χ4v) is 2.02. The zero-order valence-corrected chi connectivity index (χ0v) is 13.7. The number of esters is 1. The van der Waals surface area contributed by atoms with Crippen molar-refractivity contribution in [2.75, 3.05) is 19.8 Å². The van der Waals surface area contributed by atoms with Gasteiger partial charge in [-0.25, -0.2) is 4.79 Å². The summed E-state index contributed by atoms with van der Waals surface area (Å²) in [5.41, 5.74) is 1.25. The van der Waals surface area contributed by atoms with E-state index in [1.54, 1.807) is 24.4 Å². The van der Waals surface area contributed by atoms with Crippen molar-refractivity contribution in [3.05, 3.63) is 64.9 Å². The largest absolute Gasteiger partial charge is 0.462 e. The van der Waals surface area contributed by atoms with Gasteiger partial charge in [0.2, 0.25) is 0 Å². The molecular weight excluding hydrogens is 332 g/mol. The minimum Gasteiger partial charge on any atom is -0.462 e. The average molecular weight is 349 g/mol. The van der Waals surface area contributed by atoms with E-state index in [9.17, 15) is 9.59 Å². The number of nitrogens with zero attached hydrogens (tertiary/aromatic N) is 1. The van der Waals surface area contributed by atoms with Crippen LogP contribution in [0, 0.1) is 0 Å². The Balaban J connectivity index is 1.58. The van der Waals surface area contributed by atoms with Crippen molar-refractivity contribution in [1.82, 2.24) is 10.3 Å². The van der Waals surface area contributed by atoms with E-state index in [2.05, 4.69) is 10.3 Å².